The lowest BCUT2D eigenvalue weighted by Crippen LogP contribution is -2.43. The number of amides is 3. The molecule has 1 aromatic heterocycles. The number of para-hydroxylation sites is 1. The summed E-state index contributed by atoms with van der Waals surface area (Å²) in [6, 6.07) is 17.3. The third-order valence-electron chi connectivity index (χ3n) is 9.36. The van der Waals surface area contributed by atoms with Gasteiger partial charge >= 0.3 is 6.09 Å². The van der Waals surface area contributed by atoms with Crippen molar-refractivity contribution in [2.75, 3.05) is 57.3 Å². The zero-order valence-corrected chi connectivity index (χ0v) is 26.2. The topological polar surface area (TPSA) is 86.3 Å². The second-order valence-corrected chi connectivity index (χ2v) is 12.8. The minimum absolute atomic E-state index is 0.00887. The molecule has 0 radical (unpaired) electrons. The highest BCUT2D eigenvalue weighted by Crippen LogP contribution is 2.32. The predicted molar refractivity (Wildman–Crippen MR) is 171 cm³/mol. The van der Waals surface area contributed by atoms with Crippen LogP contribution in [-0.2, 0) is 9.53 Å². The molecule has 3 aliphatic rings. The SMILES string of the molecule is CC(=O)N1CCC(OC(=O)N(CCCN2CC3CN(C(=O)c4ccc5ccccc5n4)CC3C2)c2ccc(C)c(Cl)c2)CC1. The maximum absolute atomic E-state index is 13.4. The van der Waals surface area contributed by atoms with Crippen LogP contribution in [-0.4, -0.2) is 96.1 Å². The van der Waals surface area contributed by atoms with Crippen LogP contribution in [0.2, 0.25) is 5.02 Å². The van der Waals surface area contributed by atoms with Crippen LogP contribution in [0.25, 0.3) is 10.9 Å². The minimum Gasteiger partial charge on any atom is -0.446 e. The lowest BCUT2D eigenvalue weighted by atomic mass is 10.0. The molecule has 3 amide bonds. The van der Waals surface area contributed by atoms with Gasteiger partial charge in [-0.15, -0.1) is 0 Å². The molecule has 10 heteroatoms. The number of pyridine rings is 1. The molecule has 4 heterocycles. The van der Waals surface area contributed by atoms with Gasteiger partial charge in [-0.05, 0) is 61.6 Å². The molecule has 3 fully saturated rings. The van der Waals surface area contributed by atoms with E-state index in [0.29, 0.717) is 55.0 Å². The van der Waals surface area contributed by atoms with Crippen molar-refractivity contribution < 1.29 is 19.1 Å². The van der Waals surface area contributed by atoms with E-state index >= 15 is 0 Å². The summed E-state index contributed by atoms with van der Waals surface area (Å²) in [4.78, 5) is 50.9. The standard InChI is InChI=1S/C34H40ClN5O4/c1-23-8-10-28(18-30(23)35)40(34(43)44-29-12-16-38(17-13-29)24(2)41)15-5-14-37-19-26-21-39(22-27(26)20-37)33(42)32-11-9-25-6-3-4-7-31(25)36-32/h3-4,6-11,18,26-27,29H,5,12-17,19-22H2,1-2H3. The maximum atomic E-state index is 13.4. The Kier molecular flexibility index (Phi) is 9.05. The quantitative estimate of drug-likeness (QED) is 0.360. The average molecular weight is 618 g/mol. The van der Waals surface area contributed by atoms with Crippen LogP contribution in [0.4, 0.5) is 10.5 Å². The normalized spacial score (nSPS) is 20.6. The van der Waals surface area contributed by atoms with Gasteiger partial charge in [-0.3, -0.25) is 14.5 Å². The molecule has 6 rings (SSSR count). The summed E-state index contributed by atoms with van der Waals surface area (Å²) in [5.74, 6) is 0.946. The number of aromatic nitrogens is 1. The number of carbonyl (C=O) groups excluding carboxylic acids is 3. The number of benzene rings is 2. The summed E-state index contributed by atoms with van der Waals surface area (Å²) in [7, 11) is 0. The van der Waals surface area contributed by atoms with Crippen molar-refractivity contribution >= 4 is 46.1 Å². The number of rotatable bonds is 7. The van der Waals surface area contributed by atoms with Crippen molar-refractivity contribution in [1.29, 1.82) is 0 Å². The molecule has 0 bridgehead atoms. The van der Waals surface area contributed by atoms with Gasteiger partial charge in [0.2, 0.25) is 5.91 Å². The van der Waals surface area contributed by atoms with E-state index in [2.05, 4.69) is 9.88 Å². The molecular weight excluding hydrogens is 578 g/mol. The van der Waals surface area contributed by atoms with Crippen LogP contribution in [0.15, 0.2) is 54.6 Å². The van der Waals surface area contributed by atoms with Gasteiger partial charge in [-0.25, -0.2) is 9.78 Å². The van der Waals surface area contributed by atoms with Gasteiger partial charge in [-0.1, -0.05) is 41.9 Å². The van der Waals surface area contributed by atoms with Crippen LogP contribution in [0, 0.1) is 18.8 Å². The van der Waals surface area contributed by atoms with E-state index in [-0.39, 0.29) is 24.0 Å². The van der Waals surface area contributed by atoms with Crippen LogP contribution in [0.1, 0.15) is 42.2 Å². The summed E-state index contributed by atoms with van der Waals surface area (Å²) in [6.07, 6.45) is 1.48. The first-order valence-corrected chi connectivity index (χ1v) is 16.0. The van der Waals surface area contributed by atoms with Crippen LogP contribution >= 0.6 is 11.6 Å². The molecule has 3 saturated heterocycles. The molecule has 3 aromatic rings. The molecule has 0 N–H and O–H groups in total. The third kappa shape index (κ3) is 6.69. The molecule has 232 valence electrons. The number of halogens is 1. The molecule has 2 unspecified atom stereocenters. The molecule has 0 aliphatic carbocycles. The molecule has 44 heavy (non-hydrogen) atoms. The predicted octanol–water partition coefficient (Wildman–Crippen LogP) is 5.24. The molecule has 2 atom stereocenters. The third-order valence-corrected chi connectivity index (χ3v) is 9.77. The Hall–Kier alpha value is -3.69. The van der Waals surface area contributed by atoms with Gasteiger partial charge in [0.05, 0.1) is 5.52 Å². The Balaban J connectivity index is 1.02. The number of nitrogens with zero attached hydrogens (tertiary/aromatic N) is 5. The fourth-order valence-corrected chi connectivity index (χ4v) is 6.98. The number of aryl methyl sites for hydroxylation is 1. The minimum atomic E-state index is -0.374. The highest BCUT2D eigenvalue weighted by Gasteiger charge is 2.41. The Morgan fingerprint density at radius 2 is 1.68 bits per heavy atom. The highest BCUT2D eigenvalue weighted by atomic mass is 35.5. The zero-order valence-electron chi connectivity index (χ0n) is 25.5. The first-order valence-electron chi connectivity index (χ1n) is 15.6. The lowest BCUT2D eigenvalue weighted by molar-refractivity contribution is -0.130. The summed E-state index contributed by atoms with van der Waals surface area (Å²) >= 11 is 6.43. The van der Waals surface area contributed by atoms with E-state index < -0.39 is 0 Å². The second kappa shape index (κ2) is 13.1. The molecule has 3 aliphatic heterocycles. The molecule has 0 saturated carbocycles. The number of likely N-dealkylation sites (tertiary alicyclic amines) is 3. The summed E-state index contributed by atoms with van der Waals surface area (Å²) < 4.78 is 5.93. The van der Waals surface area contributed by atoms with Crippen molar-refractivity contribution in [1.82, 2.24) is 19.7 Å². The van der Waals surface area contributed by atoms with Crippen LogP contribution in [0.3, 0.4) is 0 Å². The number of carbonyl (C=O) groups is 3. The van der Waals surface area contributed by atoms with Crippen LogP contribution < -0.4 is 4.90 Å². The average Bonchev–Trinajstić information content (AvgIpc) is 3.59. The second-order valence-electron chi connectivity index (χ2n) is 12.4. The van der Waals surface area contributed by atoms with Crippen molar-refractivity contribution in [2.45, 2.75) is 39.2 Å². The van der Waals surface area contributed by atoms with Crippen LogP contribution in [0.5, 0.6) is 0 Å². The van der Waals surface area contributed by atoms with Gasteiger partial charge < -0.3 is 19.4 Å². The number of hydrogen-bond donors (Lipinski definition) is 0. The fraction of sp³-hybridized carbons (Fsp3) is 0.471. The van der Waals surface area contributed by atoms with Crippen molar-refractivity contribution in [2.24, 2.45) is 11.8 Å². The van der Waals surface area contributed by atoms with Crippen molar-refractivity contribution in [3.8, 4) is 0 Å². The number of ether oxygens (including phenoxy) is 1. The van der Waals surface area contributed by atoms with Gasteiger partial charge in [0.1, 0.15) is 11.8 Å². The van der Waals surface area contributed by atoms with Gasteiger partial charge in [0, 0.05) is 81.7 Å². The zero-order chi connectivity index (χ0) is 30.8. The van der Waals surface area contributed by atoms with Gasteiger partial charge in [0.25, 0.3) is 5.91 Å². The highest BCUT2D eigenvalue weighted by molar-refractivity contribution is 6.31. The molecular formula is C34H40ClN5O4. The first-order chi connectivity index (χ1) is 21.2. The van der Waals surface area contributed by atoms with Crippen molar-refractivity contribution in [3.05, 3.63) is 70.9 Å². The number of fused-ring (bicyclic) bond motifs is 2. The van der Waals surface area contributed by atoms with E-state index in [1.165, 1.54) is 0 Å². The largest absolute Gasteiger partial charge is 0.446 e. The Morgan fingerprint density at radius 3 is 2.39 bits per heavy atom. The first kappa shape index (κ1) is 30.3. The summed E-state index contributed by atoms with van der Waals surface area (Å²) in [6.45, 7) is 9.45. The van der Waals surface area contributed by atoms with E-state index in [4.69, 9.17) is 16.3 Å². The Bertz CT molecular complexity index is 1530. The summed E-state index contributed by atoms with van der Waals surface area (Å²) in [5.41, 5.74) is 3.02. The Morgan fingerprint density at radius 1 is 0.955 bits per heavy atom. The van der Waals surface area contributed by atoms with Gasteiger partial charge in [0.15, 0.2) is 0 Å². The number of anilines is 1. The maximum Gasteiger partial charge on any atom is 0.414 e. The monoisotopic (exact) mass is 617 g/mol. The molecule has 2 aromatic carbocycles. The number of hydrogen-bond acceptors (Lipinski definition) is 6. The summed E-state index contributed by atoms with van der Waals surface area (Å²) in [5, 5.41) is 1.64. The van der Waals surface area contributed by atoms with Crippen molar-refractivity contribution in [3.63, 3.8) is 0 Å². The fourth-order valence-electron chi connectivity index (χ4n) is 6.81. The van der Waals surface area contributed by atoms with E-state index in [0.717, 1.165) is 61.3 Å². The smallest absolute Gasteiger partial charge is 0.414 e. The molecule has 0 spiro atoms. The van der Waals surface area contributed by atoms with E-state index in [1.54, 1.807) is 16.7 Å². The van der Waals surface area contributed by atoms with Gasteiger partial charge in [-0.2, -0.15) is 0 Å². The number of piperidine rings is 1. The Labute approximate surface area is 263 Å². The molecule has 9 nitrogen and oxygen atoms in total. The van der Waals surface area contributed by atoms with E-state index in [1.807, 2.05) is 66.4 Å². The lowest BCUT2D eigenvalue weighted by Gasteiger charge is -2.32. The van der Waals surface area contributed by atoms with E-state index in [9.17, 15) is 14.4 Å².